The second-order valence-corrected chi connectivity index (χ2v) is 4.76. The molecule has 4 nitrogen and oxygen atoms in total. The van der Waals surface area contributed by atoms with Crippen LogP contribution in [0, 0.1) is 17.1 Å². The Morgan fingerprint density at radius 1 is 1.64 bits per heavy atom. The number of nitrogens with zero attached hydrogens (tertiary/aromatic N) is 2. The maximum absolute atomic E-state index is 12.7. The Balaban J connectivity index is 3.49. The average molecular weight is 214 g/mol. The lowest BCUT2D eigenvalue weighted by atomic mass is 10.4. The van der Waals surface area contributed by atoms with E-state index in [-0.39, 0.29) is 16.3 Å². The maximum Gasteiger partial charge on any atom is 0.181 e. The van der Waals surface area contributed by atoms with Crippen molar-refractivity contribution in [2.24, 2.45) is 0 Å². The first kappa shape index (κ1) is 10.6. The van der Waals surface area contributed by atoms with Gasteiger partial charge in [-0.25, -0.2) is 17.8 Å². The molecular weight excluding hydrogens is 207 g/mol. The number of pyridine rings is 1. The number of rotatable bonds is 2. The van der Waals surface area contributed by atoms with Crippen molar-refractivity contribution in [3.63, 3.8) is 0 Å². The normalized spacial score (nSPS) is 10.9. The van der Waals surface area contributed by atoms with Gasteiger partial charge in [0, 0.05) is 0 Å². The van der Waals surface area contributed by atoms with Crippen LogP contribution in [-0.4, -0.2) is 19.2 Å². The monoisotopic (exact) mass is 214 g/mol. The second kappa shape index (κ2) is 3.72. The lowest BCUT2D eigenvalue weighted by Crippen LogP contribution is -2.07. The summed E-state index contributed by atoms with van der Waals surface area (Å²) in [5.41, 5.74) is -0.270. The number of aromatic nitrogens is 1. The van der Waals surface area contributed by atoms with Gasteiger partial charge in [-0.15, -0.1) is 0 Å². The fourth-order valence-corrected chi connectivity index (χ4v) is 1.89. The average Bonchev–Trinajstić information content (AvgIpc) is 2.18. The summed E-state index contributed by atoms with van der Waals surface area (Å²) in [6, 6.07) is 2.42. The Morgan fingerprint density at radius 3 is 2.79 bits per heavy atom. The van der Waals surface area contributed by atoms with Crippen molar-refractivity contribution in [2.75, 3.05) is 5.75 Å². The van der Waals surface area contributed by atoms with Crippen molar-refractivity contribution < 1.29 is 12.8 Å². The maximum atomic E-state index is 12.7. The minimum atomic E-state index is -3.59. The summed E-state index contributed by atoms with van der Waals surface area (Å²) in [7, 11) is -3.59. The van der Waals surface area contributed by atoms with Crippen LogP contribution in [0.3, 0.4) is 0 Å². The van der Waals surface area contributed by atoms with E-state index in [0.29, 0.717) is 0 Å². The standard InChI is InChI=1S/C8H7FN2O2S/c1-2-14(12,13)8-3-6(9)5-11-7(8)4-10/h3,5H,2H2,1H3. The third-order valence-corrected chi connectivity index (χ3v) is 3.38. The first-order valence-corrected chi connectivity index (χ1v) is 5.45. The highest BCUT2D eigenvalue weighted by molar-refractivity contribution is 7.91. The molecule has 0 aromatic carbocycles. The van der Waals surface area contributed by atoms with E-state index in [9.17, 15) is 12.8 Å². The summed E-state index contributed by atoms with van der Waals surface area (Å²) in [5.74, 6) is -0.955. The van der Waals surface area contributed by atoms with Gasteiger partial charge in [-0.3, -0.25) is 0 Å². The van der Waals surface area contributed by atoms with Crippen LogP contribution in [0.15, 0.2) is 17.2 Å². The topological polar surface area (TPSA) is 70.8 Å². The molecule has 1 aromatic heterocycles. The summed E-state index contributed by atoms with van der Waals surface area (Å²) >= 11 is 0. The minimum Gasteiger partial charge on any atom is -0.241 e. The van der Waals surface area contributed by atoms with Gasteiger partial charge in [-0.2, -0.15) is 5.26 Å². The Labute approximate surface area is 80.9 Å². The van der Waals surface area contributed by atoms with Crippen LogP contribution in [-0.2, 0) is 9.84 Å². The van der Waals surface area contributed by atoms with Crippen molar-refractivity contribution in [1.82, 2.24) is 4.98 Å². The molecule has 0 saturated heterocycles. The zero-order valence-electron chi connectivity index (χ0n) is 7.36. The molecule has 0 radical (unpaired) electrons. The molecule has 74 valence electrons. The molecule has 1 rings (SSSR count). The fourth-order valence-electron chi connectivity index (χ4n) is 0.897. The molecule has 0 aliphatic carbocycles. The second-order valence-electron chi connectivity index (χ2n) is 2.52. The van der Waals surface area contributed by atoms with Crippen molar-refractivity contribution in [2.45, 2.75) is 11.8 Å². The van der Waals surface area contributed by atoms with Crippen LogP contribution in [0.5, 0.6) is 0 Å². The molecule has 0 spiro atoms. The summed E-state index contributed by atoms with van der Waals surface area (Å²) in [6.07, 6.45) is 0.813. The van der Waals surface area contributed by atoms with Crippen molar-refractivity contribution in [1.29, 1.82) is 5.26 Å². The van der Waals surface area contributed by atoms with Crippen molar-refractivity contribution in [3.05, 3.63) is 23.8 Å². The SMILES string of the molecule is CCS(=O)(=O)c1cc(F)cnc1C#N. The first-order chi connectivity index (χ1) is 6.51. The zero-order chi connectivity index (χ0) is 10.8. The summed E-state index contributed by atoms with van der Waals surface area (Å²) in [6.45, 7) is 1.42. The van der Waals surface area contributed by atoms with Crippen LogP contribution in [0.4, 0.5) is 4.39 Å². The number of nitriles is 1. The Morgan fingerprint density at radius 2 is 2.29 bits per heavy atom. The molecule has 0 unspecified atom stereocenters. The minimum absolute atomic E-state index is 0.188. The van der Waals surface area contributed by atoms with E-state index < -0.39 is 15.7 Å². The smallest absolute Gasteiger partial charge is 0.181 e. The third kappa shape index (κ3) is 1.88. The van der Waals surface area contributed by atoms with Crippen LogP contribution in [0.1, 0.15) is 12.6 Å². The predicted molar refractivity (Wildman–Crippen MR) is 46.6 cm³/mol. The van der Waals surface area contributed by atoms with E-state index in [1.807, 2.05) is 0 Å². The van der Waals surface area contributed by atoms with Gasteiger partial charge in [0.05, 0.1) is 11.9 Å². The number of hydrogen-bond donors (Lipinski definition) is 0. The molecule has 1 heterocycles. The van der Waals surface area contributed by atoms with Crippen LogP contribution in [0.2, 0.25) is 0 Å². The lowest BCUT2D eigenvalue weighted by Gasteiger charge is -2.02. The van der Waals surface area contributed by atoms with Gasteiger partial charge >= 0.3 is 0 Å². The lowest BCUT2D eigenvalue weighted by molar-refractivity contribution is 0.588. The molecule has 0 saturated carbocycles. The number of hydrogen-bond acceptors (Lipinski definition) is 4. The first-order valence-electron chi connectivity index (χ1n) is 3.79. The van der Waals surface area contributed by atoms with Crippen LogP contribution in [0.25, 0.3) is 0 Å². The van der Waals surface area contributed by atoms with Gasteiger partial charge in [-0.1, -0.05) is 6.92 Å². The molecule has 0 bridgehead atoms. The summed E-state index contributed by atoms with van der Waals surface area (Å²) in [4.78, 5) is 3.05. The molecule has 0 aliphatic rings. The fraction of sp³-hybridized carbons (Fsp3) is 0.250. The highest BCUT2D eigenvalue weighted by Crippen LogP contribution is 2.15. The molecule has 6 heteroatoms. The van der Waals surface area contributed by atoms with E-state index in [2.05, 4.69) is 4.98 Å². The summed E-state index contributed by atoms with van der Waals surface area (Å²) < 4.78 is 35.5. The Hall–Kier alpha value is -1.48. The van der Waals surface area contributed by atoms with Crippen molar-refractivity contribution >= 4 is 9.84 Å². The number of sulfone groups is 1. The Bertz CT molecular complexity index is 491. The van der Waals surface area contributed by atoms with Crippen LogP contribution < -0.4 is 0 Å². The molecule has 1 aromatic rings. The van der Waals surface area contributed by atoms with Gasteiger partial charge in [0.25, 0.3) is 0 Å². The van der Waals surface area contributed by atoms with Crippen LogP contribution >= 0.6 is 0 Å². The van der Waals surface area contributed by atoms with Crippen molar-refractivity contribution in [3.8, 4) is 6.07 Å². The largest absolute Gasteiger partial charge is 0.241 e. The third-order valence-electron chi connectivity index (χ3n) is 1.64. The molecule has 14 heavy (non-hydrogen) atoms. The van der Waals surface area contributed by atoms with Gasteiger partial charge in [0.15, 0.2) is 15.5 Å². The molecule has 0 fully saturated rings. The molecule has 0 N–H and O–H groups in total. The van der Waals surface area contributed by atoms with E-state index in [1.54, 1.807) is 6.07 Å². The van der Waals surface area contributed by atoms with Gasteiger partial charge in [-0.05, 0) is 6.07 Å². The van der Waals surface area contributed by atoms with E-state index in [0.717, 1.165) is 12.3 Å². The van der Waals surface area contributed by atoms with E-state index in [4.69, 9.17) is 5.26 Å². The van der Waals surface area contributed by atoms with Gasteiger partial charge in [0.1, 0.15) is 16.8 Å². The predicted octanol–water partition coefficient (Wildman–Crippen LogP) is 0.886. The molecule has 0 aliphatic heterocycles. The highest BCUT2D eigenvalue weighted by atomic mass is 32.2. The van der Waals surface area contributed by atoms with E-state index in [1.165, 1.54) is 6.92 Å². The Kier molecular flexibility index (Phi) is 2.81. The highest BCUT2D eigenvalue weighted by Gasteiger charge is 2.18. The van der Waals surface area contributed by atoms with E-state index >= 15 is 0 Å². The molecule has 0 atom stereocenters. The zero-order valence-corrected chi connectivity index (χ0v) is 8.18. The molecule has 0 amide bonds. The molecular formula is C8H7FN2O2S. The van der Waals surface area contributed by atoms with Gasteiger partial charge in [0.2, 0.25) is 0 Å². The number of halogens is 1. The quantitative estimate of drug-likeness (QED) is 0.732. The summed E-state index contributed by atoms with van der Waals surface area (Å²) in [5, 5.41) is 8.57. The van der Waals surface area contributed by atoms with Gasteiger partial charge < -0.3 is 0 Å².